The third-order valence-corrected chi connectivity index (χ3v) is 3.74. The molecule has 0 aromatic rings. The van der Waals surface area contributed by atoms with Gasteiger partial charge in [0, 0.05) is 0 Å². The van der Waals surface area contributed by atoms with E-state index >= 15 is 0 Å². The molecule has 1 saturated carbocycles. The minimum atomic E-state index is -0.767. The zero-order valence-electron chi connectivity index (χ0n) is 10.9. The monoisotopic (exact) mass is 262 g/mol. The molecule has 2 atom stereocenters. The predicted molar refractivity (Wildman–Crippen MR) is 70.0 cm³/mol. The number of rotatable bonds is 2. The maximum absolute atomic E-state index is 11.5. The minimum Gasteiger partial charge on any atom is -0.273 e. The lowest BCUT2D eigenvalue weighted by Crippen LogP contribution is -2.51. The summed E-state index contributed by atoms with van der Waals surface area (Å²) >= 11 is 0. The van der Waals surface area contributed by atoms with E-state index in [4.69, 9.17) is 0 Å². The Morgan fingerprint density at radius 1 is 1.05 bits per heavy atom. The molecule has 2 rings (SSSR count). The highest BCUT2D eigenvalue weighted by Gasteiger charge is 2.27. The van der Waals surface area contributed by atoms with Gasteiger partial charge in [-0.15, -0.1) is 0 Å². The van der Waals surface area contributed by atoms with Crippen LogP contribution >= 0.6 is 0 Å². The molecule has 1 aliphatic carbocycles. The molecule has 2 aliphatic rings. The summed E-state index contributed by atoms with van der Waals surface area (Å²) in [5, 5.41) is 4.09. The highest BCUT2D eigenvalue weighted by atomic mass is 16.2. The molecule has 19 heavy (non-hydrogen) atoms. The van der Waals surface area contributed by atoms with Crippen LogP contribution in [-0.2, 0) is 9.59 Å². The van der Waals surface area contributed by atoms with Crippen molar-refractivity contribution in [2.45, 2.75) is 32.6 Å². The second-order valence-electron chi connectivity index (χ2n) is 5.13. The lowest BCUT2D eigenvalue weighted by atomic mass is 9.80. The van der Waals surface area contributed by atoms with Gasteiger partial charge in [0.15, 0.2) is 0 Å². The highest BCUT2D eigenvalue weighted by Crippen LogP contribution is 2.30. The van der Waals surface area contributed by atoms with E-state index < -0.39 is 17.8 Å². The van der Waals surface area contributed by atoms with Crippen LogP contribution in [0.4, 0.5) is 4.79 Å². The van der Waals surface area contributed by atoms with Gasteiger partial charge in [0.1, 0.15) is 5.57 Å². The lowest BCUT2D eigenvalue weighted by Gasteiger charge is -2.25. The van der Waals surface area contributed by atoms with Crippen molar-refractivity contribution in [3.8, 4) is 0 Å². The quantitative estimate of drug-likeness (QED) is 0.587. The maximum Gasteiger partial charge on any atom is 0.328 e. The summed E-state index contributed by atoms with van der Waals surface area (Å²) in [4.78, 5) is 33.8. The van der Waals surface area contributed by atoms with Crippen LogP contribution in [-0.4, -0.2) is 17.8 Å². The smallest absolute Gasteiger partial charge is 0.273 e. The second kappa shape index (κ2) is 5.82. The fourth-order valence-corrected chi connectivity index (χ4v) is 2.55. The molecule has 2 unspecified atom stereocenters. The molecule has 2 N–H and O–H groups in total. The molecule has 5 nitrogen and oxygen atoms in total. The Morgan fingerprint density at radius 2 is 1.68 bits per heavy atom. The van der Waals surface area contributed by atoms with Crippen molar-refractivity contribution < 1.29 is 14.4 Å². The topological polar surface area (TPSA) is 75.3 Å². The summed E-state index contributed by atoms with van der Waals surface area (Å²) < 4.78 is 0. The van der Waals surface area contributed by atoms with Gasteiger partial charge < -0.3 is 0 Å². The summed E-state index contributed by atoms with van der Waals surface area (Å²) in [5.41, 5.74) is -0.0284. The minimum absolute atomic E-state index is 0.0284. The number of hydrogen-bond acceptors (Lipinski definition) is 3. The number of urea groups is 1. The van der Waals surface area contributed by atoms with Crippen molar-refractivity contribution in [2.75, 3.05) is 0 Å². The van der Waals surface area contributed by atoms with E-state index in [1.54, 1.807) is 6.08 Å². The van der Waals surface area contributed by atoms with Crippen molar-refractivity contribution >= 4 is 17.8 Å². The Balaban J connectivity index is 2.02. The number of barbiturate groups is 1. The molecule has 102 valence electrons. The first kappa shape index (κ1) is 13.5. The fraction of sp³-hybridized carbons (Fsp3) is 0.500. The van der Waals surface area contributed by atoms with E-state index in [-0.39, 0.29) is 5.57 Å². The van der Waals surface area contributed by atoms with E-state index in [0.717, 1.165) is 6.42 Å². The van der Waals surface area contributed by atoms with Crippen LogP contribution in [0, 0.1) is 11.8 Å². The Bertz CT molecular complexity index is 443. The molecule has 0 spiro atoms. The van der Waals surface area contributed by atoms with Crippen LogP contribution in [0.15, 0.2) is 23.8 Å². The van der Waals surface area contributed by atoms with Crippen molar-refractivity contribution in [1.29, 1.82) is 0 Å². The number of imide groups is 2. The lowest BCUT2D eigenvalue weighted by molar-refractivity contribution is -0.124. The molecule has 5 heteroatoms. The van der Waals surface area contributed by atoms with Gasteiger partial charge in [-0.05, 0) is 24.3 Å². The van der Waals surface area contributed by atoms with Crippen LogP contribution in [0.25, 0.3) is 0 Å². The Kier molecular flexibility index (Phi) is 4.14. The average Bonchev–Trinajstić information content (AvgIpc) is 2.34. The zero-order chi connectivity index (χ0) is 13.8. The van der Waals surface area contributed by atoms with Gasteiger partial charge in [-0.25, -0.2) is 4.79 Å². The third kappa shape index (κ3) is 3.30. The predicted octanol–water partition coefficient (Wildman–Crippen LogP) is 1.66. The molecule has 0 aromatic carbocycles. The molecule has 1 aliphatic heterocycles. The first-order valence-corrected chi connectivity index (χ1v) is 6.63. The van der Waals surface area contributed by atoms with Crippen LogP contribution in [0.1, 0.15) is 32.6 Å². The van der Waals surface area contributed by atoms with E-state index in [9.17, 15) is 14.4 Å². The molecule has 0 aromatic heterocycles. The number of nitrogens with one attached hydrogen (secondary N) is 2. The Morgan fingerprint density at radius 3 is 2.32 bits per heavy atom. The first-order valence-electron chi connectivity index (χ1n) is 6.63. The molecule has 1 saturated heterocycles. The fourth-order valence-electron chi connectivity index (χ4n) is 2.55. The van der Waals surface area contributed by atoms with E-state index in [1.165, 1.54) is 25.3 Å². The van der Waals surface area contributed by atoms with Gasteiger partial charge >= 0.3 is 6.03 Å². The Labute approximate surface area is 112 Å². The largest absolute Gasteiger partial charge is 0.328 e. The number of allylic oxidation sites excluding steroid dienone is 3. The Hall–Kier alpha value is -1.91. The van der Waals surface area contributed by atoms with Gasteiger partial charge in [0.05, 0.1) is 0 Å². The average molecular weight is 262 g/mol. The van der Waals surface area contributed by atoms with E-state index in [1.807, 2.05) is 16.7 Å². The van der Waals surface area contributed by atoms with Crippen LogP contribution < -0.4 is 10.6 Å². The third-order valence-electron chi connectivity index (χ3n) is 3.74. The molecule has 0 bridgehead atoms. The normalized spacial score (nSPS) is 28.3. The molecular weight excluding hydrogens is 244 g/mol. The van der Waals surface area contributed by atoms with Gasteiger partial charge in [0.25, 0.3) is 11.8 Å². The van der Waals surface area contributed by atoms with Crippen LogP contribution in [0.5, 0.6) is 0 Å². The van der Waals surface area contributed by atoms with Crippen molar-refractivity contribution in [3.05, 3.63) is 23.8 Å². The molecular formula is C14H18N2O3. The number of carbonyl (C=O) groups is 3. The standard InChI is InChI=1S/C14H18N2O3/c1-9-5-2-3-6-10(9)7-4-8-11-12(17)15-14(19)16-13(11)18/h4,7-10H,2-3,5-6H2,1H3,(H2,15,16,17,18,19)/b7-4+. The number of amides is 4. The second-order valence-corrected chi connectivity index (χ2v) is 5.13. The molecule has 1 heterocycles. The first-order chi connectivity index (χ1) is 9.08. The van der Waals surface area contributed by atoms with Gasteiger partial charge in [-0.1, -0.05) is 38.3 Å². The van der Waals surface area contributed by atoms with Crippen molar-refractivity contribution in [1.82, 2.24) is 10.6 Å². The zero-order valence-corrected chi connectivity index (χ0v) is 10.9. The van der Waals surface area contributed by atoms with Gasteiger partial charge in [-0.3, -0.25) is 20.2 Å². The molecule has 0 radical (unpaired) electrons. The van der Waals surface area contributed by atoms with Crippen LogP contribution in [0.2, 0.25) is 0 Å². The van der Waals surface area contributed by atoms with Crippen molar-refractivity contribution in [2.24, 2.45) is 11.8 Å². The maximum atomic E-state index is 11.5. The van der Waals surface area contributed by atoms with E-state index in [0.29, 0.717) is 11.8 Å². The number of carbonyl (C=O) groups excluding carboxylic acids is 3. The SMILES string of the molecule is CC1CCCCC1/C=C/C=C1C(=O)NC(=O)NC1=O. The highest BCUT2D eigenvalue weighted by molar-refractivity contribution is 6.28. The van der Waals surface area contributed by atoms with Gasteiger partial charge in [-0.2, -0.15) is 0 Å². The van der Waals surface area contributed by atoms with Crippen molar-refractivity contribution in [3.63, 3.8) is 0 Å². The van der Waals surface area contributed by atoms with Gasteiger partial charge in [0.2, 0.25) is 0 Å². The van der Waals surface area contributed by atoms with Crippen LogP contribution in [0.3, 0.4) is 0 Å². The summed E-state index contributed by atoms with van der Waals surface area (Å²) in [6.45, 7) is 2.22. The summed E-state index contributed by atoms with van der Waals surface area (Å²) in [6, 6.07) is -0.767. The molecule has 4 amide bonds. The summed E-state index contributed by atoms with van der Waals surface area (Å²) in [5.74, 6) is -0.147. The summed E-state index contributed by atoms with van der Waals surface area (Å²) in [7, 11) is 0. The number of hydrogen-bond donors (Lipinski definition) is 2. The van der Waals surface area contributed by atoms with E-state index in [2.05, 4.69) is 6.92 Å². The summed E-state index contributed by atoms with van der Waals surface area (Å²) in [6.07, 6.45) is 10.1. The molecule has 2 fully saturated rings.